The van der Waals surface area contributed by atoms with Gasteiger partial charge in [0.1, 0.15) is 29.3 Å². The van der Waals surface area contributed by atoms with E-state index in [9.17, 15) is 4.79 Å². The molecule has 0 N–H and O–H groups in total. The lowest BCUT2D eigenvalue weighted by atomic mass is 10.1. The SMILES string of the molecule is CC.Cc1cc(=O)oc2cc(OCc3cc4cc(Cl)ccc4o3)ccc12. The molecule has 0 fully saturated rings. The molecule has 0 radical (unpaired) electrons. The highest BCUT2D eigenvalue weighted by atomic mass is 35.5. The first-order valence-corrected chi connectivity index (χ1v) is 8.81. The molecule has 0 saturated carbocycles. The molecule has 2 aromatic heterocycles. The average molecular weight is 371 g/mol. The van der Waals surface area contributed by atoms with Gasteiger partial charge in [0.2, 0.25) is 0 Å². The lowest BCUT2D eigenvalue weighted by Gasteiger charge is -2.06. The van der Waals surface area contributed by atoms with Gasteiger partial charge >= 0.3 is 5.63 Å². The largest absolute Gasteiger partial charge is 0.486 e. The Bertz CT molecular complexity index is 1110. The first kappa shape index (κ1) is 18.1. The van der Waals surface area contributed by atoms with E-state index in [-0.39, 0.29) is 12.2 Å². The van der Waals surface area contributed by atoms with E-state index in [0.717, 1.165) is 21.9 Å². The van der Waals surface area contributed by atoms with Crippen LogP contribution >= 0.6 is 11.6 Å². The van der Waals surface area contributed by atoms with Crippen molar-refractivity contribution in [1.82, 2.24) is 0 Å². The summed E-state index contributed by atoms with van der Waals surface area (Å²) in [6, 6.07) is 14.3. The summed E-state index contributed by atoms with van der Waals surface area (Å²) in [5.74, 6) is 1.30. The zero-order chi connectivity index (χ0) is 18.7. The maximum absolute atomic E-state index is 11.5. The molecule has 4 nitrogen and oxygen atoms in total. The molecule has 0 spiro atoms. The van der Waals surface area contributed by atoms with Crippen molar-refractivity contribution < 1.29 is 13.6 Å². The fourth-order valence-electron chi connectivity index (χ4n) is 2.69. The zero-order valence-electron chi connectivity index (χ0n) is 14.8. The van der Waals surface area contributed by atoms with E-state index in [0.29, 0.717) is 22.1 Å². The molecule has 2 aromatic carbocycles. The maximum atomic E-state index is 11.5. The maximum Gasteiger partial charge on any atom is 0.336 e. The number of ether oxygens (including phenoxy) is 1. The van der Waals surface area contributed by atoms with E-state index < -0.39 is 0 Å². The molecule has 0 atom stereocenters. The van der Waals surface area contributed by atoms with Crippen molar-refractivity contribution in [2.24, 2.45) is 0 Å². The van der Waals surface area contributed by atoms with Gasteiger partial charge in [-0.2, -0.15) is 0 Å². The zero-order valence-corrected chi connectivity index (χ0v) is 15.6. The molecule has 0 unspecified atom stereocenters. The molecule has 0 aliphatic carbocycles. The number of halogens is 1. The second-order valence-electron chi connectivity index (χ2n) is 5.59. The van der Waals surface area contributed by atoms with E-state index in [1.807, 2.05) is 51.1 Å². The fraction of sp³-hybridized carbons (Fsp3) is 0.190. The highest BCUT2D eigenvalue weighted by Crippen LogP contribution is 2.26. The minimum Gasteiger partial charge on any atom is -0.486 e. The van der Waals surface area contributed by atoms with Gasteiger partial charge in [0.15, 0.2) is 0 Å². The van der Waals surface area contributed by atoms with Gasteiger partial charge in [0.25, 0.3) is 0 Å². The van der Waals surface area contributed by atoms with Crippen LogP contribution in [0.3, 0.4) is 0 Å². The van der Waals surface area contributed by atoms with Crippen LogP contribution in [0, 0.1) is 6.92 Å². The summed E-state index contributed by atoms with van der Waals surface area (Å²) in [5, 5.41) is 2.48. The van der Waals surface area contributed by atoms with Crippen molar-refractivity contribution in [2.45, 2.75) is 27.4 Å². The van der Waals surface area contributed by atoms with E-state index in [1.54, 1.807) is 12.1 Å². The molecule has 0 saturated heterocycles. The van der Waals surface area contributed by atoms with Gasteiger partial charge in [-0.25, -0.2) is 4.79 Å². The van der Waals surface area contributed by atoms with Crippen LogP contribution in [0.15, 0.2) is 62.2 Å². The Hall–Kier alpha value is -2.72. The number of rotatable bonds is 3. The van der Waals surface area contributed by atoms with E-state index in [4.69, 9.17) is 25.2 Å². The van der Waals surface area contributed by atoms with E-state index >= 15 is 0 Å². The Balaban J connectivity index is 0.000000948. The third kappa shape index (κ3) is 3.75. The van der Waals surface area contributed by atoms with Gasteiger partial charge in [-0.3, -0.25) is 0 Å². The number of aryl methyl sites for hydroxylation is 1. The number of fused-ring (bicyclic) bond motifs is 2. The topological polar surface area (TPSA) is 52.6 Å². The van der Waals surface area contributed by atoms with Crippen molar-refractivity contribution in [3.8, 4) is 5.75 Å². The van der Waals surface area contributed by atoms with Crippen LogP contribution in [0.4, 0.5) is 0 Å². The van der Waals surface area contributed by atoms with Crippen LogP contribution in [-0.4, -0.2) is 0 Å². The fourth-order valence-corrected chi connectivity index (χ4v) is 2.87. The van der Waals surface area contributed by atoms with Crippen LogP contribution in [0.2, 0.25) is 5.02 Å². The normalized spacial score (nSPS) is 10.6. The summed E-state index contributed by atoms with van der Waals surface area (Å²) in [6.07, 6.45) is 0. The van der Waals surface area contributed by atoms with Crippen molar-refractivity contribution >= 4 is 33.5 Å². The molecule has 0 amide bonds. The van der Waals surface area contributed by atoms with Crippen LogP contribution in [0.5, 0.6) is 5.75 Å². The van der Waals surface area contributed by atoms with Crippen LogP contribution < -0.4 is 10.4 Å². The molecule has 4 rings (SSSR count). The molecular weight excluding hydrogens is 352 g/mol. The van der Waals surface area contributed by atoms with E-state index in [2.05, 4.69) is 0 Å². The molecule has 0 aliphatic heterocycles. The summed E-state index contributed by atoms with van der Waals surface area (Å²) >= 11 is 5.97. The van der Waals surface area contributed by atoms with E-state index in [1.165, 1.54) is 6.07 Å². The first-order chi connectivity index (χ1) is 12.6. The quantitative estimate of drug-likeness (QED) is 0.408. The Labute approximate surface area is 155 Å². The first-order valence-electron chi connectivity index (χ1n) is 8.44. The minimum atomic E-state index is -0.369. The van der Waals surface area contributed by atoms with Crippen molar-refractivity contribution in [2.75, 3.05) is 0 Å². The van der Waals surface area contributed by atoms with Gasteiger partial charge in [-0.15, -0.1) is 0 Å². The summed E-state index contributed by atoms with van der Waals surface area (Å²) < 4.78 is 16.7. The predicted octanol–water partition coefficient (Wildman–Crippen LogP) is 6.11. The summed E-state index contributed by atoms with van der Waals surface area (Å²) in [5.41, 5.74) is 1.78. The number of benzene rings is 2. The van der Waals surface area contributed by atoms with Crippen LogP contribution in [0.25, 0.3) is 21.9 Å². The highest BCUT2D eigenvalue weighted by Gasteiger charge is 2.07. The Morgan fingerprint density at radius 2 is 1.77 bits per heavy atom. The highest BCUT2D eigenvalue weighted by molar-refractivity contribution is 6.31. The van der Waals surface area contributed by atoms with Crippen LogP contribution in [0.1, 0.15) is 25.2 Å². The molecule has 5 heteroatoms. The van der Waals surface area contributed by atoms with Gasteiger partial charge in [0, 0.05) is 27.9 Å². The predicted molar refractivity (Wildman–Crippen MR) is 104 cm³/mol. The van der Waals surface area contributed by atoms with Gasteiger partial charge in [-0.1, -0.05) is 25.4 Å². The molecule has 4 aromatic rings. The monoisotopic (exact) mass is 370 g/mol. The van der Waals surface area contributed by atoms with Gasteiger partial charge < -0.3 is 13.6 Å². The third-order valence-corrected chi connectivity index (χ3v) is 4.07. The van der Waals surface area contributed by atoms with Gasteiger partial charge in [0.05, 0.1) is 0 Å². The van der Waals surface area contributed by atoms with Crippen molar-refractivity contribution in [3.05, 3.63) is 75.3 Å². The minimum absolute atomic E-state index is 0.272. The second kappa shape index (κ2) is 7.67. The Kier molecular flexibility index (Phi) is 5.33. The van der Waals surface area contributed by atoms with Crippen LogP contribution in [-0.2, 0) is 6.61 Å². The van der Waals surface area contributed by atoms with Crippen molar-refractivity contribution in [3.63, 3.8) is 0 Å². The Morgan fingerprint density at radius 3 is 2.58 bits per heavy atom. The van der Waals surface area contributed by atoms with Crippen molar-refractivity contribution in [1.29, 1.82) is 0 Å². The molecule has 2 heterocycles. The molecule has 0 aliphatic rings. The van der Waals surface area contributed by atoms with Gasteiger partial charge in [-0.05, 0) is 48.9 Å². The second-order valence-corrected chi connectivity index (χ2v) is 6.03. The number of hydrogen-bond acceptors (Lipinski definition) is 4. The Morgan fingerprint density at radius 1 is 0.962 bits per heavy atom. The lowest BCUT2D eigenvalue weighted by Crippen LogP contribution is -1.98. The average Bonchev–Trinajstić information content (AvgIpc) is 3.03. The summed E-state index contributed by atoms with van der Waals surface area (Å²) in [4.78, 5) is 11.5. The lowest BCUT2D eigenvalue weighted by molar-refractivity contribution is 0.274. The smallest absolute Gasteiger partial charge is 0.336 e. The molecule has 26 heavy (non-hydrogen) atoms. The third-order valence-electron chi connectivity index (χ3n) is 3.83. The number of hydrogen-bond donors (Lipinski definition) is 0. The standard InChI is InChI=1S/C19H13ClO4.C2H6/c1-11-6-19(21)24-18-9-14(3-4-16(11)18)22-10-15-8-12-7-13(20)2-5-17(12)23-15;1-2/h2-9H,10H2,1H3;1-2H3. The summed E-state index contributed by atoms with van der Waals surface area (Å²) in [6.45, 7) is 6.15. The number of furan rings is 1. The molecule has 0 bridgehead atoms. The molecular formula is C21H19ClO4. The molecule has 134 valence electrons. The summed E-state index contributed by atoms with van der Waals surface area (Å²) in [7, 11) is 0.